The molecule has 0 nitrogen and oxygen atoms in total. The van der Waals surface area contributed by atoms with E-state index in [2.05, 4.69) is 26.8 Å². The summed E-state index contributed by atoms with van der Waals surface area (Å²) in [5, 5.41) is 0. The van der Waals surface area contributed by atoms with Crippen LogP contribution >= 0.6 is 11.8 Å². The summed E-state index contributed by atoms with van der Waals surface area (Å²) in [6.45, 7) is 6.48. The third kappa shape index (κ3) is 3.14. The van der Waals surface area contributed by atoms with Crippen molar-refractivity contribution in [2.45, 2.75) is 27.2 Å². The van der Waals surface area contributed by atoms with Crippen molar-refractivity contribution in [1.82, 2.24) is 0 Å². The van der Waals surface area contributed by atoms with Crippen LogP contribution in [0, 0.1) is 0 Å². The zero-order valence-corrected chi connectivity index (χ0v) is 6.72. The van der Waals surface area contributed by atoms with E-state index >= 15 is 0 Å². The van der Waals surface area contributed by atoms with Crippen LogP contribution in [0.1, 0.15) is 27.2 Å². The molecule has 0 bridgehead atoms. The van der Waals surface area contributed by atoms with Crippen molar-refractivity contribution in [3.63, 3.8) is 0 Å². The van der Waals surface area contributed by atoms with Gasteiger partial charge in [-0.1, -0.05) is 19.9 Å². The minimum Gasteiger partial charge on any atom is -0.131 e. The van der Waals surface area contributed by atoms with E-state index in [1.807, 2.05) is 11.8 Å². The molecule has 0 fully saturated rings. The van der Waals surface area contributed by atoms with E-state index < -0.39 is 0 Å². The van der Waals surface area contributed by atoms with E-state index in [-0.39, 0.29) is 0 Å². The molecule has 1 heteroatoms. The Labute approximate surface area is 56.4 Å². The summed E-state index contributed by atoms with van der Waals surface area (Å²) < 4.78 is 0. The van der Waals surface area contributed by atoms with Crippen molar-refractivity contribution < 1.29 is 0 Å². The molecule has 0 spiro atoms. The molecular weight excluding hydrogens is 116 g/mol. The Balaban J connectivity index is 3.38. The van der Waals surface area contributed by atoms with Gasteiger partial charge in [0.25, 0.3) is 0 Å². The van der Waals surface area contributed by atoms with Gasteiger partial charge in [0, 0.05) is 0 Å². The van der Waals surface area contributed by atoms with Crippen molar-refractivity contribution in [3.8, 4) is 0 Å². The summed E-state index contributed by atoms with van der Waals surface area (Å²) in [6.07, 6.45) is 3.38. The van der Waals surface area contributed by atoms with Crippen LogP contribution in [0.25, 0.3) is 0 Å². The summed E-state index contributed by atoms with van der Waals surface area (Å²) >= 11 is 1.94. The van der Waals surface area contributed by atoms with Gasteiger partial charge < -0.3 is 0 Å². The van der Waals surface area contributed by atoms with Crippen LogP contribution < -0.4 is 0 Å². The summed E-state index contributed by atoms with van der Waals surface area (Å²) in [5.41, 5.74) is 0. The summed E-state index contributed by atoms with van der Waals surface area (Å²) in [7, 11) is 0. The third-order valence-electron chi connectivity index (χ3n) is 1.00. The number of thioether (sulfide) groups is 1. The monoisotopic (exact) mass is 130 g/mol. The SMILES string of the molecule is C/C=C(\CC)SCC. The van der Waals surface area contributed by atoms with Gasteiger partial charge in [-0.3, -0.25) is 0 Å². The van der Waals surface area contributed by atoms with E-state index in [1.165, 1.54) is 17.1 Å². The van der Waals surface area contributed by atoms with Gasteiger partial charge in [0.1, 0.15) is 0 Å². The number of hydrogen-bond donors (Lipinski definition) is 0. The lowest BCUT2D eigenvalue weighted by Gasteiger charge is -1.97. The normalized spacial score (nSPS) is 12.1. The lowest BCUT2D eigenvalue weighted by Crippen LogP contribution is -1.72. The van der Waals surface area contributed by atoms with Gasteiger partial charge in [0.05, 0.1) is 0 Å². The second-order valence-electron chi connectivity index (χ2n) is 1.54. The zero-order valence-electron chi connectivity index (χ0n) is 5.90. The van der Waals surface area contributed by atoms with E-state index in [0.717, 1.165) is 0 Å². The molecule has 0 atom stereocenters. The maximum Gasteiger partial charge on any atom is -0.00518 e. The fraction of sp³-hybridized carbons (Fsp3) is 0.714. The highest BCUT2D eigenvalue weighted by molar-refractivity contribution is 8.03. The lowest BCUT2D eigenvalue weighted by atomic mass is 10.4. The van der Waals surface area contributed by atoms with Gasteiger partial charge in [-0.15, -0.1) is 11.8 Å². The standard InChI is InChI=1S/C7H14S/c1-4-7(5-2)8-6-3/h4H,5-6H2,1-3H3/b7-4+. The van der Waals surface area contributed by atoms with Gasteiger partial charge in [0.2, 0.25) is 0 Å². The van der Waals surface area contributed by atoms with Crippen LogP contribution in [0.15, 0.2) is 11.0 Å². The molecule has 0 rings (SSSR count). The molecule has 48 valence electrons. The Morgan fingerprint density at radius 2 is 2.12 bits per heavy atom. The summed E-state index contributed by atoms with van der Waals surface area (Å²) in [6, 6.07) is 0. The van der Waals surface area contributed by atoms with Crippen LogP contribution in [0.4, 0.5) is 0 Å². The van der Waals surface area contributed by atoms with Crippen molar-refractivity contribution >= 4 is 11.8 Å². The Kier molecular flexibility index (Phi) is 5.29. The maximum atomic E-state index is 2.19. The van der Waals surface area contributed by atoms with Crippen LogP contribution in [0.2, 0.25) is 0 Å². The highest BCUT2D eigenvalue weighted by atomic mass is 32.2. The first-order valence-electron chi connectivity index (χ1n) is 3.13. The fourth-order valence-corrected chi connectivity index (χ4v) is 1.32. The molecule has 0 aromatic carbocycles. The predicted molar refractivity (Wildman–Crippen MR) is 42.2 cm³/mol. The average Bonchev–Trinajstić information content (AvgIpc) is 1.83. The molecule has 0 amide bonds. The second kappa shape index (κ2) is 5.23. The molecule has 0 N–H and O–H groups in total. The molecule has 0 aliphatic carbocycles. The zero-order chi connectivity index (χ0) is 6.41. The first kappa shape index (κ1) is 8.09. The Morgan fingerprint density at radius 1 is 1.50 bits per heavy atom. The van der Waals surface area contributed by atoms with E-state index in [9.17, 15) is 0 Å². The molecule has 0 aromatic heterocycles. The lowest BCUT2D eigenvalue weighted by molar-refractivity contribution is 1.19. The molecule has 0 heterocycles. The first-order valence-corrected chi connectivity index (χ1v) is 4.11. The molecule has 0 aliphatic heterocycles. The van der Waals surface area contributed by atoms with Crippen molar-refractivity contribution in [1.29, 1.82) is 0 Å². The molecule has 0 aromatic rings. The van der Waals surface area contributed by atoms with Crippen LogP contribution in [0.3, 0.4) is 0 Å². The molecule has 0 aliphatic rings. The van der Waals surface area contributed by atoms with Crippen LogP contribution in [-0.4, -0.2) is 5.75 Å². The Bertz CT molecular complexity index is 74.5. The molecule has 0 radical (unpaired) electrons. The van der Waals surface area contributed by atoms with Crippen LogP contribution in [0.5, 0.6) is 0 Å². The highest BCUT2D eigenvalue weighted by Crippen LogP contribution is 2.17. The number of hydrogen-bond acceptors (Lipinski definition) is 1. The van der Waals surface area contributed by atoms with Crippen molar-refractivity contribution in [2.24, 2.45) is 0 Å². The Morgan fingerprint density at radius 3 is 2.25 bits per heavy atom. The van der Waals surface area contributed by atoms with Gasteiger partial charge in [0.15, 0.2) is 0 Å². The van der Waals surface area contributed by atoms with Gasteiger partial charge >= 0.3 is 0 Å². The largest absolute Gasteiger partial charge is 0.131 e. The molecular formula is C7H14S. The van der Waals surface area contributed by atoms with E-state index in [0.29, 0.717) is 0 Å². The summed E-state index contributed by atoms with van der Waals surface area (Å²) in [5.74, 6) is 1.20. The molecule has 0 unspecified atom stereocenters. The highest BCUT2D eigenvalue weighted by Gasteiger charge is 1.87. The van der Waals surface area contributed by atoms with Crippen molar-refractivity contribution in [2.75, 3.05) is 5.75 Å². The quantitative estimate of drug-likeness (QED) is 0.566. The van der Waals surface area contributed by atoms with E-state index in [1.54, 1.807) is 0 Å². The molecule has 0 saturated carbocycles. The third-order valence-corrected chi connectivity index (χ3v) is 2.18. The number of rotatable bonds is 3. The smallest absolute Gasteiger partial charge is 0.00518 e. The van der Waals surface area contributed by atoms with Gasteiger partial charge in [-0.05, 0) is 24.0 Å². The topological polar surface area (TPSA) is 0 Å². The fourth-order valence-electron chi connectivity index (χ4n) is 0.575. The second-order valence-corrected chi connectivity index (χ2v) is 2.93. The predicted octanol–water partition coefficient (Wildman–Crippen LogP) is 3.05. The maximum absolute atomic E-state index is 2.19. The number of allylic oxidation sites excluding steroid dienone is 2. The van der Waals surface area contributed by atoms with E-state index in [4.69, 9.17) is 0 Å². The minimum atomic E-state index is 1.19. The van der Waals surface area contributed by atoms with Crippen molar-refractivity contribution in [3.05, 3.63) is 11.0 Å². The molecule has 0 saturated heterocycles. The average molecular weight is 130 g/mol. The summed E-state index contributed by atoms with van der Waals surface area (Å²) in [4.78, 5) is 1.51. The van der Waals surface area contributed by atoms with Gasteiger partial charge in [-0.2, -0.15) is 0 Å². The minimum absolute atomic E-state index is 1.19. The molecule has 8 heavy (non-hydrogen) atoms. The van der Waals surface area contributed by atoms with Gasteiger partial charge in [-0.25, -0.2) is 0 Å². The Hall–Kier alpha value is 0.0900. The van der Waals surface area contributed by atoms with Crippen LogP contribution in [-0.2, 0) is 0 Å². The first-order chi connectivity index (χ1) is 3.85.